The van der Waals surface area contributed by atoms with Crippen molar-refractivity contribution in [2.24, 2.45) is 0 Å². The molecule has 2 heterocycles. The molecule has 5 nitrogen and oxygen atoms in total. The average molecular weight is 246 g/mol. The van der Waals surface area contributed by atoms with Crippen LogP contribution in [0.15, 0.2) is 36.7 Å². The first-order valence-electron chi connectivity index (χ1n) is 5.64. The van der Waals surface area contributed by atoms with E-state index in [4.69, 9.17) is 0 Å². The summed E-state index contributed by atoms with van der Waals surface area (Å²) in [4.78, 5) is 13.7. The molecular formula is C12H11FN4O. The second-order valence-corrected chi connectivity index (χ2v) is 4.26. The maximum atomic E-state index is 13.0. The van der Waals surface area contributed by atoms with Crippen molar-refractivity contribution >= 4 is 5.91 Å². The van der Waals surface area contributed by atoms with E-state index in [1.54, 1.807) is 28.0 Å². The molecule has 92 valence electrons. The number of benzene rings is 1. The number of carbonyl (C=O) groups excluding carboxylic acids is 1. The van der Waals surface area contributed by atoms with E-state index in [1.165, 1.54) is 18.2 Å². The second kappa shape index (κ2) is 4.21. The number of hydrogen-bond donors (Lipinski definition) is 0. The Morgan fingerprint density at radius 3 is 2.89 bits per heavy atom. The number of likely N-dealkylation sites (tertiary alicyclic amines) is 1. The summed E-state index contributed by atoms with van der Waals surface area (Å²) in [5.74, 6) is -0.542. The normalized spacial score (nSPS) is 15.5. The molecule has 0 aliphatic carbocycles. The van der Waals surface area contributed by atoms with Crippen molar-refractivity contribution in [3.63, 3.8) is 0 Å². The topological polar surface area (TPSA) is 51.0 Å². The van der Waals surface area contributed by atoms with Crippen molar-refractivity contribution in [3.05, 3.63) is 48.0 Å². The zero-order valence-corrected chi connectivity index (χ0v) is 9.53. The molecule has 6 heteroatoms. The van der Waals surface area contributed by atoms with Gasteiger partial charge < -0.3 is 4.90 Å². The van der Waals surface area contributed by atoms with E-state index >= 15 is 0 Å². The lowest BCUT2D eigenvalue weighted by atomic mass is 10.1. The average Bonchev–Trinajstić information content (AvgIpc) is 2.80. The first-order chi connectivity index (χ1) is 8.74. The number of rotatable bonds is 2. The van der Waals surface area contributed by atoms with E-state index < -0.39 is 5.82 Å². The summed E-state index contributed by atoms with van der Waals surface area (Å²) in [5, 5.41) is 7.61. The second-order valence-electron chi connectivity index (χ2n) is 4.26. The molecule has 1 saturated heterocycles. The van der Waals surface area contributed by atoms with Crippen molar-refractivity contribution in [2.45, 2.75) is 6.04 Å². The Balaban J connectivity index is 1.66. The molecule has 0 radical (unpaired) electrons. The number of nitrogens with zero attached hydrogens (tertiary/aromatic N) is 4. The van der Waals surface area contributed by atoms with Gasteiger partial charge in [0.2, 0.25) is 0 Å². The van der Waals surface area contributed by atoms with Crippen molar-refractivity contribution in [1.82, 2.24) is 19.9 Å². The van der Waals surface area contributed by atoms with E-state index in [1.807, 2.05) is 0 Å². The minimum Gasteiger partial charge on any atom is -0.334 e. The maximum absolute atomic E-state index is 13.0. The highest BCUT2D eigenvalue weighted by Crippen LogP contribution is 2.22. The monoisotopic (exact) mass is 246 g/mol. The van der Waals surface area contributed by atoms with Gasteiger partial charge in [0.05, 0.1) is 12.2 Å². The van der Waals surface area contributed by atoms with Crippen LogP contribution in [0.2, 0.25) is 0 Å². The van der Waals surface area contributed by atoms with Crippen LogP contribution in [0, 0.1) is 5.82 Å². The Bertz CT molecular complexity index is 563. The Hall–Kier alpha value is -2.24. The Labute approximate surface area is 103 Å². The molecule has 2 aromatic rings. The van der Waals surface area contributed by atoms with Crippen LogP contribution in [-0.4, -0.2) is 38.9 Å². The zero-order chi connectivity index (χ0) is 12.5. The fraction of sp³-hybridized carbons (Fsp3) is 0.250. The maximum Gasteiger partial charge on any atom is 0.254 e. The molecule has 1 aliphatic heterocycles. The minimum atomic E-state index is -0.394. The van der Waals surface area contributed by atoms with E-state index in [2.05, 4.69) is 10.3 Å². The van der Waals surface area contributed by atoms with Crippen molar-refractivity contribution < 1.29 is 9.18 Å². The third-order valence-electron chi connectivity index (χ3n) is 3.04. The molecule has 0 atom stereocenters. The number of halogens is 1. The molecule has 1 aromatic heterocycles. The summed E-state index contributed by atoms with van der Waals surface area (Å²) >= 11 is 0. The van der Waals surface area contributed by atoms with Crippen LogP contribution in [0.25, 0.3) is 0 Å². The highest BCUT2D eigenvalue weighted by molar-refractivity contribution is 5.94. The largest absolute Gasteiger partial charge is 0.334 e. The summed E-state index contributed by atoms with van der Waals surface area (Å²) < 4.78 is 14.8. The number of hydrogen-bond acceptors (Lipinski definition) is 3. The van der Waals surface area contributed by atoms with Crippen LogP contribution in [0.1, 0.15) is 16.4 Å². The summed E-state index contributed by atoms with van der Waals surface area (Å²) in [6.07, 6.45) is 3.38. The predicted molar refractivity (Wildman–Crippen MR) is 61.4 cm³/mol. The predicted octanol–water partition coefficient (Wildman–Crippen LogP) is 1.11. The quantitative estimate of drug-likeness (QED) is 0.797. The van der Waals surface area contributed by atoms with Gasteiger partial charge in [-0.3, -0.25) is 4.79 Å². The number of carbonyl (C=O) groups is 1. The van der Waals surface area contributed by atoms with E-state index in [9.17, 15) is 9.18 Å². The standard InChI is InChI=1S/C12H11FN4O/c13-10-3-1-2-9(6-10)12(18)16-7-11(8-16)17-5-4-14-15-17/h1-6,11H,7-8H2. The molecule has 1 fully saturated rings. The van der Waals surface area contributed by atoms with Crippen LogP contribution < -0.4 is 0 Å². The highest BCUT2D eigenvalue weighted by atomic mass is 19.1. The molecule has 3 rings (SSSR count). The fourth-order valence-corrected chi connectivity index (χ4v) is 2.00. The molecular weight excluding hydrogens is 235 g/mol. The van der Waals surface area contributed by atoms with Gasteiger partial charge in [-0.1, -0.05) is 11.3 Å². The van der Waals surface area contributed by atoms with E-state index in [0.717, 1.165) is 0 Å². The van der Waals surface area contributed by atoms with Gasteiger partial charge in [0.25, 0.3) is 5.91 Å². The van der Waals surface area contributed by atoms with Gasteiger partial charge in [0.15, 0.2) is 0 Å². The number of aromatic nitrogens is 3. The summed E-state index contributed by atoms with van der Waals surface area (Å²) in [7, 11) is 0. The van der Waals surface area contributed by atoms with Crippen LogP contribution in [0.3, 0.4) is 0 Å². The van der Waals surface area contributed by atoms with Crippen molar-refractivity contribution in [2.75, 3.05) is 13.1 Å². The van der Waals surface area contributed by atoms with Crippen molar-refractivity contribution in [3.8, 4) is 0 Å². The fourth-order valence-electron chi connectivity index (χ4n) is 2.00. The lowest BCUT2D eigenvalue weighted by molar-refractivity contribution is 0.0498. The Kier molecular flexibility index (Phi) is 2.55. The molecule has 0 saturated carbocycles. The first-order valence-corrected chi connectivity index (χ1v) is 5.64. The first kappa shape index (κ1) is 10.9. The lowest BCUT2D eigenvalue weighted by Gasteiger charge is -2.38. The minimum absolute atomic E-state index is 0.147. The zero-order valence-electron chi connectivity index (χ0n) is 9.53. The van der Waals surface area contributed by atoms with Gasteiger partial charge in [0.1, 0.15) is 5.82 Å². The van der Waals surface area contributed by atoms with Crippen LogP contribution in [0.5, 0.6) is 0 Å². The van der Waals surface area contributed by atoms with E-state index in [0.29, 0.717) is 18.7 Å². The molecule has 0 bridgehead atoms. The van der Waals surface area contributed by atoms with Gasteiger partial charge in [-0.25, -0.2) is 9.07 Å². The van der Waals surface area contributed by atoms with E-state index in [-0.39, 0.29) is 11.9 Å². The number of amides is 1. The van der Waals surface area contributed by atoms with Crippen LogP contribution in [-0.2, 0) is 0 Å². The third-order valence-corrected chi connectivity index (χ3v) is 3.04. The van der Waals surface area contributed by atoms with Gasteiger partial charge >= 0.3 is 0 Å². The lowest BCUT2D eigenvalue weighted by Crippen LogP contribution is -2.50. The smallest absolute Gasteiger partial charge is 0.254 e. The third kappa shape index (κ3) is 1.85. The van der Waals surface area contributed by atoms with Gasteiger partial charge in [-0.15, -0.1) is 5.10 Å². The van der Waals surface area contributed by atoms with Gasteiger partial charge in [0, 0.05) is 24.8 Å². The Morgan fingerprint density at radius 2 is 2.22 bits per heavy atom. The van der Waals surface area contributed by atoms with Crippen LogP contribution >= 0.6 is 0 Å². The Morgan fingerprint density at radius 1 is 1.39 bits per heavy atom. The molecule has 0 unspecified atom stereocenters. The highest BCUT2D eigenvalue weighted by Gasteiger charge is 2.32. The van der Waals surface area contributed by atoms with Crippen molar-refractivity contribution in [1.29, 1.82) is 0 Å². The molecule has 18 heavy (non-hydrogen) atoms. The molecule has 0 spiro atoms. The molecule has 1 aromatic carbocycles. The SMILES string of the molecule is O=C(c1cccc(F)c1)N1CC(n2ccnn2)C1. The summed E-state index contributed by atoms with van der Waals surface area (Å²) in [5.41, 5.74) is 0.382. The van der Waals surface area contributed by atoms with Crippen LogP contribution in [0.4, 0.5) is 4.39 Å². The summed E-state index contributed by atoms with van der Waals surface area (Å²) in [6.45, 7) is 1.16. The van der Waals surface area contributed by atoms with Gasteiger partial charge in [-0.05, 0) is 18.2 Å². The summed E-state index contributed by atoms with van der Waals surface area (Å²) in [6, 6.07) is 5.91. The molecule has 0 N–H and O–H groups in total. The molecule has 1 amide bonds. The van der Waals surface area contributed by atoms with Gasteiger partial charge in [-0.2, -0.15) is 0 Å². The molecule has 1 aliphatic rings.